The van der Waals surface area contributed by atoms with Crippen molar-refractivity contribution in [1.82, 2.24) is 14.8 Å². The third-order valence-electron chi connectivity index (χ3n) is 3.73. The SMILES string of the molecule is COC(=O)C1CN(C(=O)OC(C)(C)C)CCN1C(=O)c1ncccc1I. The van der Waals surface area contributed by atoms with E-state index in [-0.39, 0.29) is 31.2 Å². The lowest BCUT2D eigenvalue weighted by atomic mass is 10.1. The van der Waals surface area contributed by atoms with Gasteiger partial charge in [0.1, 0.15) is 17.3 Å². The van der Waals surface area contributed by atoms with Crippen LogP contribution in [0.15, 0.2) is 18.3 Å². The Hall–Kier alpha value is -1.91. The number of aromatic nitrogens is 1. The quantitative estimate of drug-likeness (QED) is 0.480. The van der Waals surface area contributed by atoms with E-state index in [1.165, 1.54) is 23.1 Å². The molecular weight excluding hydrogens is 453 g/mol. The zero-order valence-corrected chi connectivity index (χ0v) is 17.3. The van der Waals surface area contributed by atoms with Crippen molar-refractivity contribution in [3.05, 3.63) is 27.6 Å². The Morgan fingerprint density at radius 1 is 1.27 bits per heavy atom. The summed E-state index contributed by atoms with van der Waals surface area (Å²) >= 11 is 2.02. The summed E-state index contributed by atoms with van der Waals surface area (Å²) in [7, 11) is 1.25. The fourth-order valence-corrected chi connectivity index (χ4v) is 3.11. The summed E-state index contributed by atoms with van der Waals surface area (Å²) in [5.74, 6) is -0.952. The summed E-state index contributed by atoms with van der Waals surface area (Å²) in [5, 5.41) is 0. The molecule has 1 saturated heterocycles. The zero-order chi connectivity index (χ0) is 19.5. The minimum absolute atomic E-state index is 0.0107. The number of rotatable bonds is 2. The van der Waals surface area contributed by atoms with Gasteiger partial charge in [0.25, 0.3) is 5.91 Å². The van der Waals surface area contributed by atoms with E-state index >= 15 is 0 Å². The molecule has 2 heterocycles. The van der Waals surface area contributed by atoms with Crippen LogP contribution in [0.5, 0.6) is 0 Å². The molecule has 0 spiro atoms. The second-order valence-electron chi connectivity index (χ2n) is 6.80. The van der Waals surface area contributed by atoms with Gasteiger partial charge in [0.05, 0.1) is 13.7 Å². The second-order valence-corrected chi connectivity index (χ2v) is 7.96. The molecule has 1 aromatic heterocycles. The van der Waals surface area contributed by atoms with E-state index in [1.807, 2.05) is 22.6 Å². The number of nitrogens with zero attached hydrogens (tertiary/aromatic N) is 3. The number of amides is 2. The Kier molecular flexibility index (Phi) is 6.43. The Morgan fingerprint density at radius 2 is 1.96 bits per heavy atom. The molecule has 0 bridgehead atoms. The molecule has 0 aromatic carbocycles. The molecular formula is C17H22IN3O5. The van der Waals surface area contributed by atoms with E-state index in [9.17, 15) is 14.4 Å². The molecule has 26 heavy (non-hydrogen) atoms. The first kappa shape index (κ1) is 20.4. The minimum atomic E-state index is -0.911. The van der Waals surface area contributed by atoms with Crippen LogP contribution < -0.4 is 0 Å². The van der Waals surface area contributed by atoms with Gasteiger partial charge < -0.3 is 19.3 Å². The number of methoxy groups -OCH3 is 1. The van der Waals surface area contributed by atoms with Crippen LogP contribution >= 0.6 is 22.6 Å². The molecule has 0 radical (unpaired) electrons. The first-order chi connectivity index (χ1) is 12.1. The molecule has 0 aliphatic carbocycles. The van der Waals surface area contributed by atoms with E-state index in [0.717, 1.165) is 0 Å². The van der Waals surface area contributed by atoms with Crippen molar-refractivity contribution in [2.45, 2.75) is 32.4 Å². The highest BCUT2D eigenvalue weighted by molar-refractivity contribution is 14.1. The summed E-state index contributed by atoms with van der Waals surface area (Å²) in [6.45, 7) is 5.77. The maximum Gasteiger partial charge on any atom is 0.410 e. The molecule has 8 nitrogen and oxygen atoms in total. The van der Waals surface area contributed by atoms with Gasteiger partial charge in [0.15, 0.2) is 0 Å². The van der Waals surface area contributed by atoms with E-state index < -0.39 is 23.7 Å². The highest BCUT2D eigenvalue weighted by Gasteiger charge is 2.39. The number of hydrogen-bond donors (Lipinski definition) is 0. The number of halogens is 1. The van der Waals surface area contributed by atoms with Gasteiger partial charge in [-0.25, -0.2) is 14.6 Å². The Labute approximate surface area is 166 Å². The van der Waals surface area contributed by atoms with Gasteiger partial charge in [-0.15, -0.1) is 0 Å². The molecule has 1 fully saturated rings. The van der Waals surface area contributed by atoms with Crippen molar-refractivity contribution in [1.29, 1.82) is 0 Å². The number of carbonyl (C=O) groups is 3. The average Bonchev–Trinajstić information content (AvgIpc) is 2.59. The van der Waals surface area contributed by atoms with E-state index in [1.54, 1.807) is 32.9 Å². The van der Waals surface area contributed by atoms with Gasteiger partial charge in [-0.2, -0.15) is 0 Å². The predicted octanol–water partition coefficient (Wildman–Crippen LogP) is 1.92. The molecule has 1 unspecified atom stereocenters. The Bertz CT molecular complexity index is 704. The van der Waals surface area contributed by atoms with Crippen molar-refractivity contribution < 1.29 is 23.9 Å². The molecule has 2 amide bonds. The predicted molar refractivity (Wildman–Crippen MR) is 102 cm³/mol. The van der Waals surface area contributed by atoms with Crippen LogP contribution in [0.1, 0.15) is 31.3 Å². The normalized spacial score (nSPS) is 17.7. The topological polar surface area (TPSA) is 89.0 Å². The molecule has 9 heteroatoms. The van der Waals surface area contributed by atoms with Crippen LogP contribution in [-0.4, -0.2) is 71.1 Å². The van der Waals surface area contributed by atoms with Crippen LogP contribution in [0.25, 0.3) is 0 Å². The number of pyridine rings is 1. The van der Waals surface area contributed by atoms with Gasteiger partial charge >= 0.3 is 12.1 Å². The van der Waals surface area contributed by atoms with Gasteiger partial charge in [0, 0.05) is 22.9 Å². The average molecular weight is 475 g/mol. The fourth-order valence-electron chi connectivity index (χ4n) is 2.54. The Morgan fingerprint density at radius 3 is 2.54 bits per heavy atom. The lowest BCUT2D eigenvalue weighted by molar-refractivity contribution is -0.147. The molecule has 2 rings (SSSR count). The van der Waals surface area contributed by atoms with Crippen LogP contribution in [0.4, 0.5) is 4.79 Å². The third kappa shape index (κ3) is 4.83. The molecule has 1 aliphatic rings. The van der Waals surface area contributed by atoms with Crippen LogP contribution in [0, 0.1) is 3.57 Å². The number of ether oxygens (including phenoxy) is 2. The van der Waals surface area contributed by atoms with Crippen LogP contribution in [0.2, 0.25) is 0 Å². The maximum absolute atomic E-state index is 12.9. The van der Waals surface area contributed by atoms with E-state index in [0.29, 0.717) is 3.57 Å². The van der Waals surface area contributed by atoms with E-state index in [2.05, 4.69) is 4.98 Å². The van der Waals surface area contributed by atoms with Crippen molar-refractivity contribution in [2.75, 3.05) is 26.7 Å². The summed E-state index contributed by atoms with van der Waals surface area (Å²) < 4.78 is 10.9. The van der Waals surface area contributed by atoms with E-state index in [4.69, 9.17) is 9.47 Å². The van der Waals surface area contributed by atoms with Crippen molar-refractivity contribution in [3.63, 3.8) is 0 Å². The molecule has 1 aliphatic heterocycles. The summed E-state index contributed by atoms with van der Waals surface area (Å²) in [4.78, 5) is 44.3. The number of carbonyl (C=O) groups excluding carboxylic acids is 3. The second kappa shape index (κ2) is 8.19. The molecule has 1 aromatic rings. The number of esters is 1. The first-order valence-electron chi connectivity index (χ1n) is 8.11. The van der Waals surface area contributed by atoms with Crippen molar-refractivity contribution >= 4 is 40.6 Å². The first-order valence-corrected chi connectivity index (χ1v) is 9.19. The number of piperazine rings is 1. The summed E-state index contributed by atoms with van der Waals surface area (Å²) in [6.07, 6.45) is 1.00. The van der Waals surface area contributed by atoms with Gasteiger partial charge in [-0.05, 0) is 55.5 Å². The standard InChI is InChI=1S/C17H22IN3O5/c1-17(2,3)26-16(24)20-8-9-21(12(10-20)15(23)25-4)14(22)13-11(18)6-5-7-19-13/h5-7,12H,8-10H2,1-4H3. The highest BCUT2D eigenvalue weighted by atomic mass is 127. The molecule has 0 N–H and O–H groups in total. The molecule has 0 saturated carbocycles. The van der Waals surface area contributed by atoms with Crippen molar-refractivity contribution in [3.8, 4) is 0 Å². The number of hydrogen-bond acceptors (Lipinski definition) is 6. The van der Waals surface area contributed by atoms with Gasteiger partial charge in [-0.1, -0.05) is 0 Å². The van der Waals surface area contributed by atoms with Gasteiger partial charge in [-0.3, -0.25) is 4.79 Å². The summed E-state index contributed by atoms with van der Waals surface area (Å²) in [5.41, 5.74) is -0.373. The molecule has 1 atom stereocenters. The van der Waals surface area contributed by atoms with Crippen LogP contribution in [0.3, 0.4) is 0 Å². The lowest BCUT2D eigenvalue weighted by Gasteiger charge is -2.40. The third-order valence-corrected chi connectivity index (χ3v) is 4.60. The van der Waals surface area contributed by atoms with Crippen LogP contribution in [-0.2, 0) is 14.3 Å². The smallest absolute Gasteiger partial charge is 0.410 e. The largest absolute Gasteiger partial charge is 0.467 e. The summed E-state index contributed by atoms with van der Waals surface area (Å²) in [6, 6.07) is 2.59. The lowest BCUT2D eigenvalue weighted by Crippen LogP contribution is -2.60. The van der Waals surface area contributed by atoms with Crippen molar-refractivity contribution in [2.24, 2.45) is 0 Å². The molecule has 142 valence electrons. The monoisotopic (exact) mass is 475 g/mol. The fraction of sp³-hybridized carbons (Fsp3) is 0.529. The van der Waals surface area contributed by atoms with Gasteiger partial charge in [0.2, 0.25) is 0 Å². The Balaban J connectivity index is 2.21. The minimum Gasteiger partial charge on any atom is -0.467 e. The maximum atomic E-state index is 12.9. The highest BCUT2D eigenvalue weighted by Crippen LogP contribution is 2.19. The zero-order valence-electron chi connectivity index (χ0n) is 15.2.